The fourth-order valence-corrected chi connectivity index (χ4v) is 3.62. The van der Waals surface area contributed by atoms with Gasteiger partial charge in [0.1, 0.15) is 0 Å². The second kappa shape index (κ2) is 7.94. The van der Waals surface area contributed by atoms with E-state index in [1.165, 1.54) is 4.68 Å². The van der Waals surface area contributed by atoms with Gasteiger partial charge in [0.2, 0.25) is 5.91 Å². The highest BCUT2D eigenvalue weighted by molar-refractivity contribution is 5.97. The number of rotatable bonds is 4. The zero-order valence-corrected chi connectivity index (χ0v) is 17.5. The predicted octanol–water partition coefficient (Wildman–Crippen LogP) is 5.50. The monoisotopic (exact) mass is 458 g/mol. The van der Waals surface area contributed by atoms with Crippen molar-refractivity contribution in [1.29, 1.82) is 0 Å². The van der Waals surface area contributed by atoms with E-state index in [2.05, 4.69) is 10.1 Å². The number of benzene rings is 2. The van der Waals surface area contributed by atoms with E-state index in [9.17, 15) is 18.0 Å². The Morgan fingerprint density at radius 3 is 2.34 bits per heavy atom. The van der Waals surface area contributed by atoms with Gasteiger partial charge in [-0.2, -0.15) is 18.3 Å². The number of pyridine rings is 1. The smallest absolute Gasteiger partial charge is 0.366 e. The fourth-order valence-electron chi connectivity index (χ4n) is 3.62. The van der Waals surface area contributed by atoms with E-state index in [1.54, 1.807) is 30.3 Å². The Bertz CT molecular complexity index is 1310. The Labute approximate surface area is 187 Å². The molecule has 1 amide bonds. The second-order valence-electron chi connectivity index (χ2n) is 7.65. The zero-order valence-electron chi connectivity index (χ0n) is 16.6. The van der Waals surface area contributed by atoms with Gasteiger partial charge in [0.15, 0.2) is 5.69 Å². The molecular weight excluding hydrogens is 441 g/mol. The maximum absolute atomic E-state index is 13.2. The van der Waals surface area contributed by atoms with E-state index >= 15 is 0 Å². The van der Waals surface area contributed by atoms with Crippen LogP contribution in [0, 0.1) is 0 Å². The first-order valence-electron chi connectivity index (χ1n) is 9.78. The summed E-state index contributed by atoms with van der Waals surface area (Å²) in [5.74, 6) is -0.379. The Balaban J connectivity index is 0.00000245. The fraction of sp³-hybridized carbons (Fsp3) is 0.174. The number of primary amides is 1. The number of hydrogen-bond acceptors (Lipinski definition) is 3. The molecule has 5 rings (SSSR count). The number of hydrogen-bond donors (Lipinski definition) is 1. The van der Waals surface area contributed by atoms with Crippen molar-refractivity contribution < 1.29 is 18.0 Å². The topological polar surface area (TPSA) is 73.8 Å². The first-order valence-corrected chi connectivity index (χ1v) is 9.78. The highest BCUT2D eigenvalue weighted by Gasteiger charge is 2.38. The SMILES string of the molecule is Cl.NC(=O)c1ccc2nc(-c3ccc(-n4nc(C(F)(F)F)cc4C4CC4)cc3)ccc2c1. The maximum Gasteiger partial charge on any atom is 0.435 e. The minimum atomic E-state index is -4.47. The number of alkyl halides is 3. The quantitative estimate of drug-likeness (QED) is 0.438. The van der Waals surface area contributed by atoms with Crippen molar-refractivity contribution in [3.8, 4) is 16.9 Å². The summed E-state index contributed by atoms with van der Waals surface area (Å²) in [6.07, 6.45) is -2.72. The number of fused-ring (bicyclic) bond motifs is 1. The molecule has 4 aromatic rings. The normalized spacial score (nSPS) is 13.7. The van der Waals surface area contributed by atoms with Gasteiger partial charge in [0, 0.05) is 28.1 Å². The molecule has 32 heavy (non-hydrogen) atoms. The number of nitrogens with zero attached hydrogens (tertiary/aromatic N) is 3. The maximum atomic E-state index is 13.2. The number of nitrogens with two attached hydrogens (primary N) is 1. The number of carbonyl (C=O) groups is 1. The molecule has 5 nitrogen and oxygen atoms in total. The lowest BCUT2D eigenvalue weighted by Crippen LogP contribution is -2.10. The van der Waals surface area contributed by atoms with Crippen molar-refractivity contribution in [2.75, 3.05) is 0 Å². The van der Waals surface area contributed by atoms with Crippen LogP contribution in [0.1, 0.15) is 40.5 Å². The van der Waals surface area contributed by atoms with Crippen molar-refractivity contribution >= 4 is 29.2 Å². The van der Waals surface area contributed by atoms with Crippen LogP contribution in [0.15, 0.2) is 60.7 Å². The Hall–Kier alpha value is -3.39. The van der Waals surface area contributed by atoms with E-state index in [4.69, 9.17) is 5.73 Å². The zero-order chi connectivity index (χ0) is 21.8. The first kappa shape index (κ1) is 21.8. The average molecular weight is 459 g/mol. The summed E-state index contributed by atoms with van der Waals surface area (Å²) in [5.41, 5.74) is 8.27. The summed E-state index contributed by atoms with van der Waals surface area (Å²) in [7, 11) is 0. The molecule has 1 aliphatic rings. The largest absolute Gasteiger partial charge is 0.435 e. The number of amides is 1. The molecule has 1 saturated carbocycles. The summed E-state index contributed by atoms with van der Waals surface area (Å²) < 4.78 is 40.9. The van der Waals surface area contributed by atoms with Gasteiger partial charge in [0.05, 0.1) is 16.9 Å². The summed E-state index contributed by atoms with van der Waals surface area (Å²) in [4.78, 5) is 16.0. The van der Waals surface area contributed by atoms with Gasteiger partial charge >= 0.3 is 6.18 Å². The van der Waals surface area contributed by atoms with Crippen LogP contribution >= 0.6 is 12.4 Å². The predicted molar refractivity (Wildman–Crippen MR) is 117 cm³/mol. The molecule has 1 aliphatic carbocycles. The van der Waals surface area contributed by atoms with Crippen LogP contribution in [0.4, 0.5) is 13.2 Å². The Kier molecular flexibility index (Phi) is 5.42. The van der Waals surface area contributed by atoms with Crippen LogP contribution in [-0.2, 0) is 6.18 Å². The number of aromatic nitrogens is 3. The molecule has 0 saturated heterocycles. The Morgan fingerprint density at radius 2 is 1.72 bits per heavy atom. The highest BCUT2D eigenvalue weighted by atomic mass is 35.5. The van der Waals surface area contributed by atoms with E-state index in [1.807, 2.05) is 24.3 Å². The van der Waals surface area contributed by atoms with Crippen molar-refractivity contribution in [3.05, 3.63) is 77.6 Å². The molecule has 2 aromatic carbocycles. The molecule has 0 spiro atoms. The van der Waals surface area contributed by atoms with Crippen LogP contribution in [0.5, 0.6) is 0 Å². The molecule has 0 radical (unpaired) electrons. The lowest BCUT2D eigenvalue weighted by molar-refractivity contribution is -0.141. The van der Waals surface area contributed by atoms with E-state index in [0.717, 1.165) is 29.9 Å². The van der Waals surface area contributed by atoms with Crippen LogP contribution in [0.2, 0.25) is 0 Å². The summed E-state index contributed by atoms with van der Waals surface area (Å²) in [6, 6.07) is 17.0. The molecule has 9 heteroatoms. The summed E-state index contributed by atoms with van der Waals surface area (Å²) in [6.45, 7) is 0. The molecule has 0 bridgehead atoms. The molecule has 2 N–H and O–H groups in total. The third kappa shape index (κ3) is 4.05. The Morgan fingerprint density at radius 1 is 1.00 bits per heavy atom. The van der Waals surface area contributed by atoms with Gasteiger partial charge in [-0.05, 0) is 55.3 Å². The van der Waals surface area contributed by atoms with Gasteiger partial charge in [0.25, 0.3) is 0 Å². The molecule has 0 atom stereocenters. The van der Waals surface area contributed by atoms with Crippen molar-refractivity contribution in [2.24, 2.45) is 5.73 Å². The molecule has 2 aromatic heterocycles. The lowest BCUT2D eigenvalue weighted by atomic mass is 10.1. The van der Waals surface area contributed by atoms with Crippen LogP contribution in [0.3, 0.4) is 0 Å². The average Bonchev–Trinajstić information content (AvgIpc) is 3.49. The lowest BCUT2D eigenvalue weighted by Gasteiger charge is -2.09. The van der Waals surface area contributed by atoms with Gasteiger partial charge in [-0.3, -0.25) is 4.79 Å². The minimum absolute atomic E-state index is 0. The third-order valence-electron chi connectivity index (χ3n) is 5.40. The van der Waals surface area contributed by atoms with Crippen molar-refractivity contribution in [3.63, 3.8) is 0 Å². The highest BCUT2D eigenvalue weighted by Crippen LogP contribution is 2.43. The van der Waals surface area contributed by atoms with Crippen LogP contribution < -0.4 is 5.73 Å². The molecule has 0 unspecified atom stereocenters. The second-order valence-corrected chi connectivity index (χ2v) is 7.65. The molecule has 2 heterocycles. The van der Waals surface area contributed by atoms with Gasteiger partial charge in [-0.1, -0.05) is 18.2 Å². The third-order valence-corrected chi connectivity index (χ3v) is 5.40. The summed E-state index contributed by atoms with van der Waals surface area (Å²) in [5, 5.41) is 4.61. The van der Waals surface area contributed by atoms with E-state index < -0.39 is 17.8 Å². The molecule has 0 aliphatic heterocycles. The van der Waals surface area contributed by atoms with Gasteiger partial charge < -0.3 is 5.73 Å². The summed E-state index contributed by atoms with van der Waals surface area (Å²) >= 11 is 0. The molecular formula is C23H18ClF3N4O. The van der Waals surface area contributed by atoms with Gasteiger partial charge in [-0.25, -0.2) is 9.67 Å². The number of carbonyl (C=O) groups excluding carboxylic acids is 1. The van der Waals surface area contributed by atoms with Crippen LogP contribution in [0.25, 0.3) is 27.8 Å². The molecule has 1 fully saturated rings. The standard InChI is InChI=1S/C23H17F3N4O.ClH/c24-23(25,26)21-12-20(14-1-2-14)30(29-21)17-7-3-13(4-8-17)18-9-5-15-11-16(22(27)31)6-10-19(15)28-18;/h3-12,14H,1-2H2,(H2,27,31);1H. The van der Waals surface area contributed by atoms with Gasteiger partial charge in [-0.15, -0.1) is 12.4 Å². The van der Waals surface area contributed by atoms with E-state index in [-0.39, 0.29) is 18.3 Å². The first-order chi connectivity index (χ1) is 14.8. The number of halogens is 4. The van der Waals surface area contributed by atoms with Crippen LogP contribution in [-0.4, -0.2) is 20.7 Å². The van der Waals surface area contributed by atoms with Crippen molar-refractivity contribution in [2.45, 2.75) is 24.9 Å². The van der Waals surface area contributed by atoms with Crippen molar-refractivity contribution in [1.82, 2.24) is 14.8 Å². The minimum Gasteiger partial charge on any atom is -0.366 e. The van der Waals surface area contributed by atoms with E-state index in [0.29, 0.717) is 28.2 Å². The molecule has 164 valence electrons.